The topological polar surface area (TPSA) is 0 Å². The van der Waals surface area contributed by atoms with Gasteiger partial charge in [-0.15, -0.1) is 0 Å². The van der Waals surface area contributed by atoms with Crippen LogP contribution in [-0.4, -0.2) is 0 Å². The van der Waals surface area contributed by atoms with Crippen LogP contribution >= 0.6 is 0 Å². The minimum absolute atomic E-state index is 0.546. The zero-order chi connectivity index (χ0) is 11.7. The summed E-state index contributed by atoms with van der Waals surface area (Å²) in [6.07, 6.45) is 9.96. The molecule has 3 rings (SSSR count). The summed E-state index contributed by atoms with van der Waals surface area (Å²) in [5.41, 5.74) is 2.86. The third-order valence-corrected chi connectivity index (χ3v) is 3.51. The van der Waals surface area contributed by atoms with Crippen LogP contribution in [0.5, 0.6) is 0 Å². The fourth-order valence-electron chi connectivity index (χ4n) is 2.58. The van der Waals surface area contributed by atoms with Crippen LogP contribution in [0.4, 0.5) is 0 Å². The predicted molar refractivity (Wildman–Crippen MR) is 74.3 cm³/mol. The highest BCUT2D eigenvalue weighted by Gasteiger charge is 2.11. The molecule has 0 spiro atoms. The van der Waals surface area contributed by atoms with E-state index in [0.717, 1.165) is 6.42 Å². The first-order chi connectivity index (χ1) is 8.34. The van der Waals surface area contributed by atoms with Gasteiger partial charge in [0.25, 0.3) is 0 Å². The maximum Gasteiger partial charge on any atom is 0.00585 e. The first-order valence-electron chi connectivity index (χ1n) is 6.17. The molecule has 0 amide bonds. The van der Waals surface area contributed by atoms with E-state index in [4.69, 9.17) is 0 Å². The molecule has 1 atom stereocenters. The van der Waals surface area contributed by atoms with E-state index in [1.807, 2.05) is 0 Å². The molecule has 0 aliphatic heterocycles. The normalized spacial score (nSPS) is 18.8. The highest BCUT2D eigenvalue weighted by Crippen LogP contribution is 2.30. The Morgan fingerprint density at radius 2 is 1.76 bits per heavy atom. The van der Waals surface area contributed by atoms with Crippen molar-refractivity contribution in [3.63, 3.8) is 0 Å². The van der Waals surface area contributed by atoms with E-state index < -0.39 is 0 Å². The standard InChI is InChI=1S/C17H16/c1-13-11-15-9-5-6-10-16(15)12-17(13)14-7-3-2-4-8-14/h2-7,9-12,14H,8H2,1H3. The summed E-state index contributed by atoms with van der Waals surface area (Å²) >= 11 is 0. The van der Waals surface area contributed by atoms with Gasteiger partial charge in [0.2, 0.25) is 0 Å². The Balaban J connectivity index is 2.13. The maximum atomic E-state index is 2.35. The second kappa shape index (κ2) is 4.21. The molecular weight excluding hydrogens is 204 g/mol. The fourth-order valence-corrected chi connectivity index (χ4v) is 2.58. The molecule has 1 aliphatic rings. The van der Waals surface area contributed by atoms with Gasteiger partial charge < -0.3 is 0 Å². The highest BCUT2D eigenvalue weighted by molar-refractivity contribution is 5.84. The predicted octanol–water partition coefficient (Wildman–Crippen LogP) is 4.75. The molecule has 0 saturated carbocycles. The van der Waals surface area contributed by atoms with Gasteiger partial charge in [-0.2, -0.15) is 0 Å². The molecule has 0 aromatic heterocycles. The summed E-state index contributed by atoms with van der Waals surface area (Å²) in [5, 5.41) is 2.68. The lowest BCUT2D eigenvalue weighted by Gasteiger charge is -2.17. The van der Waals surface area contributed by atoms with E-state index in [9.17, 15) is 0 Å². The van der Waals surface area contributed by atoms with Crippen LogP contribution in [0, 0.1) is 6.92 Å². The summed E-state index contributed by atoms with van der Waals surface area (Å²) in [6, 6.07) is 13.2. The molecule has 0 heteroatoms. The van der Waals surface area contributed by atoms with Gasteiger partial charge in [0.05, 0.1) is 0 Å². The summed E-state index contributed by atoms with van der Waals surface area (Å²) in [4.78, 5) is 0. The molecule has 2 aromatic carbocycles. The lowest BCUT2D eigenvalue weighted by Crippen LogP contribution is -1.99. The maximum absolute atomic E-state index is 2.35. The first kappa shape index (κ1) is 10.3. The smallest absolute Gasteiger partial charge is 0.00585 e. The van der Waals surface area contributed by atoms with Gasteiger partial charge in [-0.05, 0) is 35.2 Å². The SMILES string of the molecule is Cc1cc2ccccc2cc1C1C=CC=CC1. The minimum atomic E-state index is 0.546. The fraction of sp³-hybridized carbons (Fsp3) is 0.176. The number of rotatable bonds is 1. The highest BCUT2D eigenvalue weighted by atomic mass is 14.2. The molecule has 1 aliphatic carbocycles. The van der Waals surface area contributed by atoms with Crippen LogP contribution in [0.25, 0.3) is 10.8 Å². The average Bonchev–Trinajstić information content (AvgIpc) is 2.39. The van der Waals surface area contributed by atoms with Crippen LogP contribution in [-0.2, 0) is 0 Å². The molecule has 0 bridgehead atoms. The van der Waals surface area contributed by atoms with E-state index >= 15 is 0 Å². The van der Waals surface area contributed by atoms with Crippen molar-refractivity contribution in [2.45, 2.75) is 19.3 Å². The largest absolute Gasteiger partial charge is 0.0836 e. The Morgan fingerprint density at radius 1 is 1.00 bits per heavy atom. The molecule has 17 heavy (non-hydrogen) atoms. The number of hydrogen-bond acceptors (Lipinski definition) is 0. The van der Waals surface area contributed by atoms with Crippen LogP contribution in [0.3, 0.4) is 0 Å². The number of aryl methyl sites for hydroxylation is 1. The molecule has 0 nitrogen and oxygen atoms in total. The van der Waals surface area contributed by atoms with Crippen LogP contribution in [0.1, 0.15) is 23.5 Å². The number of benzene rings is 2. The number of hydrogen-bond donors (Lipinski definition) is 0. The second-order valence-electron chi connectivity index (χ2n) is 4.71. The van der Waals surface area contributed by atoms with Gasteiger partial charge >= 0.3 is 0 Å². The summed E-state index contributed by atoms with van der Waals surface area (Å²) in [6.45, 7) is 2.22. The Morgan fingerprint density at radius 3 is 2.47 bits per heavy atom. The van der Waals surface area contributed by atoms with Crippen molar-refractivity contribution in [3.8, 4) is 0 Å². The minimum Gasteiger partial charge on any atom is -0.0836 e. The zero-order valence-electron chi connectivity index (χ0n) is 10.1. The molecule has 84 valence electrons. The Hall–Kier alpha value is -1.82. The van der Waals surface area contributed by atoms with Crippen LogP contribution < -0.4 is 0 Å². The molecule has 0 radical (unpaired) electrons. The van der Waals surface area contributed by atoms with Gasteiger partial charge in [0, 0.05) is 5.92 Å². The quantitative estimate of drug-likeness (QED) is 0.650. The van der Waals surface area contributed by atoms with E-state index in [1.165, 1.54) is 21.9 Å². The van der Waals surface area contributed by atoms with Gasteiger partial charge in [0.1, 0.15) is 0 Å². The lowest BCUT2D eigenvalue weighted by atomic mass is 9.88. The molecular formula is C17H16. The monoisotopic (exact) mass is 220 g/mol. The average molecular weight is 220 g/mol. The number of allylic oxidation sites excluding steroid dienone is 4. The van der Waals surface area contributed by atoms with Crippen LogP contribution in [0.15, 0.2) is 60.7 Å². The Bertz CT molecular complexity index is 602. The van der Waals surface area contributed by atoms with Crippen molar-refractivity contribution in [3.05, 3.63) is 71.8 Å². The van der Waals surface area contributed by atoms with E-state index in [2.05, 4.69) is 67.6 Å². The lowest BCUT2D eigenvalue weighted by molar-refractivity contribution is 0.847. The van der Waals surface area contributed by atoms with Gasteiger partial charge in [0.15, 0.2) is 0 Å². The van der Waals surface area contributed by atoms with Gasteiger partial charge in [-0.25, -0.2) is 0 Å². The van der Waals surface area contributed by atoms with Crippen molar-refractivity contribution in [1.82, 2.24) is 0 Å². The van der Waals surface area contributed by atoms with E-state index in [-0.39, 0.29) is 0 Å². The van der Waals surface area contributed by atoms with Crippen molar-refractivity contribution in [1.29, 1.82) is 0 Å². The Kier molecular flexibility index (Phi) is 2.56. The summed E-state index contributed by atoms with van der Waals surface area (Å²) in [7, 11) is 0. The Labute approximate surface area is 102 Å². The third-order valence-electron chi connectivity index (χ3n) is 3.51. The van der Waals surface area contributed by atoms with Crippen molar-refractivity contribution < 1.29 is 0 Å². The van der Waals surface area contributed by atoms with Crippen molar-refractivity contribution >= 4 is 10.8 Å². The van der Waals surface area contributed by atoms with Crippen molar-refractivity contribution in [2.75, 3.05) is 0 Å². The van der Waals surface area contributed by atoms with E-state index in [0.29, 0.717) is 5.92 Å². The molecule has 1 unspecified atom stereocenters. The van der Waals surface area contributed by atoms with E-state index in [1.54, 1.807) is 0 Å². The summed E-state index contributed by atoms with van der Waals surface area (Å²) in [5.74, 6) is 0.546. The zero-order valence-corrected chi connectivity index (χ0v) is 10.1. The van der Waals surface area contributed by atoms with Crippen LogP contribution in [0.2, 0.25) is 0 Å². The molecule has 0 fully saturated rings. The molecule has 2 aromatic rings. The molecule has 0 N–H and O–H groups in total. The third kappa shape index (κ3) is 1.91. The molecule has 0 saturated heterocycles. The van der Waals surface area contributed by atoms with Gasteiger partial charge in [-0.3, -0.25) is 0 Å². The second-order valence-corrected chi connectivity index (χ2v) is 4.71. The van der Waals surface area contributed by atoms with Gasteiger partial charge in [-0.1, -0.05) is 60.7 Å². The first-order valence-corrected chi connectivity index (χ1v) is 6.17. The summed E-state index contributed by atoms with van der Waals surface area (Å²) < 4.78 is 0. The van der Waals surface area contributed by atoms with Crippen molar-refractivity contribution in [2.24, 2.45) is 0 Å². The molecule has 0 heterocycles. The number of fused-ring (bicyclic) bond motifs is 1.